The summed E-state index contributed by atoms with van der Waals surface area (Å²) in [5.41, 5.74) is 4.63. The van der Waals surface area contributed by atoms with Gasteiger partial charge in [0.15, 0.2) is 0 Å². The third-order valence-corrected chi connectivity index (χ3v) is 4.88. The van der Waals surface area contributed by atoms with Gasteiger partial charge in [0.1, 0.15) is 0 Å². The first kappa shape index (κ1) is 14.0. The maximum atomic E-state index is 5.79. The molecule has 1 aromatic rings. The largest absolute Gasteiger partial charge is 0.271 e. The number of hydrogen-bond donors (Lipinski definition) is 2. The predicted molar refractivity (Wildman–Crippen MR) is 76.7 cm³/mol. The molecular formula is C13H23BrN4. The molecule has 3 N–H and O–H groups in total. The minimum Gasteiger partial charge on any atom is -0.271 e. The highest BCUT2D eigenvalue weighted by Gasteiger charge is 2.33. The van der Waals surface area contributed by atoms with Crippen molar-refractivity contribution in [1.82, 2.24) is 15.2 Å². The fraction of sp³-hybridized carbons (Fsp3) is 0.769. The molecule has 2 rings (SSSR count). The maximum Gasteiger partial charge on any atom is 0.0708 e. The van der Waals surface area contributed by atoms with Gasteiger partial charge in [0.2, 0.25) is 0 Å². The molecule has 18 heavy (non-hydrogen) atoms. The Labute approximate surface area is 117 Å². The van der Waals surface area contributed by atoms with Gasteiger partial charge in [-0.15, -0.1) is 0 Å². The van der Waals surface area contributed by atoms with Crippen LogP contribution in [0.5, 0.6) is 0 Å². The zero-order valence-electron chi connectivity index (χ0n) is 11.4. The van der Waals surface area contributed by atoms with Crippen LogP contribution in [-0.4, -0.2) is 9.78 Å². The van der Waals surface area contributed by atoms with Gasteiger partial charge < -0.3 is 0 Å². The van der Waals surface area contributed by atoms with Crippen LogP contribution in [0.15, 0.2) is 10.7 Å². The second kappa shape index (κ2) is 5.31. The molecule has 1 fully saturated rings. The molecule has 0 saturated heterocycles. The van der Waals surface area contributed by atoms with Crippen molar-refractivity contribution in [1.29, 1.82) is 0 Å². The third-order valence-electron chi connectivity index (χ3n) is 4.27. The second-order valence-electron chi connectivity index (χ2n) is 6.15. The van der Waals surface area contributed by atoms with Crippen LogP contribution in [0.1, 0.15) is 51.3 Å². The van der Waals surface area contributed by atoms with Crippen LogP contribution in [0.2, 0.25) is 0 Å². The molecule has 0 radical (unpaired) electrons. The molecule has 5 heteroatoms. The molecule has 0 aliphatic heterocycles. The Hall–Kier alpha value is -0.390. The van der Waals surface area contributed by atoms with Crippen molar-refractivity contribution in [3.63, 3.8) is 0 Å². The lowest BCUT2D eigenvalue weighted by atomic mass is 9.71. The first-order chi connectivity index (χ1) is 8.44. The molecule has 1 aliphatic rings. The van der Waals surface area contributed by atoms with Gasteiger partial charge in [0.05, 0.1) is 22.4 Å². The summed E-state index contributed by atoms with van der Waals surface area (Å²) in [4.78, 5) is 0. The summed E-state index contributed by atoms with van der Waals surface area (Å²) >= 11 is 3.57. The Bertz CT molecular complexity index is 384. The van der Waals surface area contributed by atoms with Crippen LogP contribution < -0.4 is 11.3 Å². The van der Waals surface area contributed by atoms with Gasteiger partial charge in [-0.1, -0.05) is 13.8 Å². The zero-order valence-corrected chi connectivity index (χ0v) is 13.0. The third kappa shape index (κ3) is 2.78. The summed E-state index contributed by atoms with van der Waals surface area (Å²) in [6.45, 7) is 4.71. The number of aryl methyl sites for hydroxylation is 1. The summed E-state index contributed by atoms with van der Waals surface area (Å²) in [7, 11) is 1.97. The first-order valence-corrected chi connectivity index (χ1v) is 7.37. The van der Waals surface area contributed by atoms with Gasteiger partial charge in [-0.25, -0.2) is 0 Å². The van der Waals surface area contributed by atoms with E-state index in [1.807, 2.05) is 17.9 Å². The van der Waals surface area contributed by atoms with Crippen molar-refractivity contribution < 1.29 is 0 Å². The molecule has 0 amide bonds. The molecule has 1 unspecified atom stereocenters. The average Bonchev–Trinajstić information content (AvgIpc) is 2.64. The van der Waals surface area contributed by atoms with Gasteiger partial charge in [0, 0.05) is 7.05 Å². The Kier molecular flexibility index (Phi) is 4.14. The normalized spacial score (nSPS) is 22.1. The Morgan fingerprint density at radius 2 is 2.11 bits per heavy atom. The predicted octanol–water partition coefficient (Wildman–Crippen LogP) is 2.90. The second-order valence-corrected chi connectivity index (χ2v) is 7.00. The van der Waals surface area contributed by atoms with Crippen LogP contribution in [-0.2, 0) is 7.05 Å². The highest BCUT2D eigenvalue weighted by Crippen LogP contribution is 2.43. The lowest BCUT2D eigenvalue weighted by Crippen LogP contribution is -2.37. The van der Waals surface area contributed by atoms with E-state index < -0.39 is 0 Å². The summed E-state index contributed by atoms with van der Waals surface area (Å²) in [6, 6.07) is 0.183. The molecule has 1 saturated carbocycles. The minimum atomic E-state index is 0.183. The molecule has 0 spiro atoms. The van der Waals surface area contributed by atoms with E-state index in [-0.39, 0.29) is 6.04 Å². The van der Waals surface area contributed by atoms with Gasteiger partial charge in [0.25, 0.3) is 0 Å². The number of nitrogens with one attached hydrogen (secondary N) is 1. The quantitative estimate of drug-likeness (QED) is 0.666. The van der Waals surface area contributed by atoms with Crippen LogP contribution in [0.25, 0.3) is 0 Å². The van der Waals surface area contributed by atoms with Gasteiger partial charge >= 0.3 is 0 Å². The SMILES string of the molecule is Cn1ncc(Br)c1C(NN)C1CCC(C)(C)CC1. The summed E-state index contributed by atoms with van der Waals surface area (Å²) in [6.07, 6.45) is 6.82. The number of nitrogens with two attached hydrogens (primary N) is 1. The molecule has 1 heterocycles. The topological polar surface area (TPSA) is 55.9 Å². The molecular weight excluding hydrogens is 292 g/mol. The highest BCUT2D eigenvalue weighted by molar-refractivity contribution is 9.10. The highest BCUT2D eigenvalue weighted by atomic mass is 79.9. The van der Waals surface area contributed by atoms with E-state index in [0.717, 1.165) is 10.2 Å². The fourth-order valence-corrected chi connectivity index (χ4v) is 3.56. The Morgan fingerprint density at radius 3 is 2.56 bits per heavy atom. The zero-order chi connectivity index (χ0) is 13.3. The first-order valence-electron chi connectivity index (χ1n) is 6.58. The van der Waals surface area contributed by atoms with Crippen molar-refractivity contribution in [3.05, 3.63) is 16.4 Å². The monoisotopic (exact) mass is 314 g/mol. The van der Waals surface area contributed by atoms with Crippen molar-refractivity contribution in [3.8, 4) is 0 Å². The smallest absolute Gasteiger partial charge is 0.0708 e. The van der Waals surface area contributed by atoms with E-state index in [2.05, 4.69) is 40.3 Å². The van der Waals surface area contributed by atoms with Gasteiger partial charge in [-0.05, 0) is 52.9 Å². The van der Waals surface area contributed by atoms with E-state index >= 15 is 0 Å². The van der Waals surface area contributed by atoms with Crippen molar-refractivity contribution in [2.75, 3.05) is 0 Å². The number of nitrogens with zero attached hydrogens (tertiary/aromatic N) is 2. The summed E-state index contributed by atoms with van der Waals surface area (Å²) in [5, 5.41) is 4.28. The lowest BCUT2D eigenvalue weighted by Gasteiger charge is -2.37. The van der Waals surface area contributed by atoms with Gasteiger partial charge in [-0.3, -0.25) is 16.0 Å². The molecule has 0 aromatic carbocycles. The fourth-order valence-electron chi connectivity index (χ4n) is 2.96. The number of rotatable bonds is 3. The standard InChI is InChI=1S/C13H23BrN4/c1-13(2)6-4-9(5-7-13)11(17-15)12-10(14)8-16-18(12)3/h8-9,11,17H,4-7,15H2,1-3H3. The number of halogens is 1. The summed E-state index contributed by atoms with van der Waals surface area (Å²) in [5.74, 6) is 6.38. The minimum absolute atomic E-state index is 0.183. The van der Waals surface area contributed by atoms with Crippen LogP contribution >= 0.6 is 15.9 Å². The Morgan fingerprint density at radius 1 is 1.50 bits per heavy atom. The van der Waals surface area contributed by atoms with E-state index in [4.69, 9.17) is 5.84 Å². The molecule has 1 aromatic heterocycles. The van der Waals surface area contributed by atoms with Crippen LogP contribution in [0.4, 0.5) is 0 Å². The Balaban J connectivity index is 2.15. The molecule has 1 atom stereocenters. The van der Waals surface area contributed by atoms with Crippen molar-refractivity contribution in [2.45, 2.75) is 45.6 Å². The van der Waals surface area contributed by atoms with E-state index in [1.165, 1.54) is 25.7 Å². The number of hydrazine groups is 1. The van der Waals surface area contributed by atoms with Crippen LogP contribution in [0, 0.1) is 11.3 Å². The van der Waals surface area contributed by atoms with E-state index in [0.29, 0.717) is 11.3 Å². The van der Waals surface area contributed by atoms with E-state index in [9.17, 15) is 0 Å². The molecule has 1 aliphatic carbocycles. The number of aromatic nitrogens is 2. The average molecular weight is 315 g/mol. The molecule has 4 nitrogen and oxygen atoms in total. The number of hydrogen-bond acceptors (Lipinski definition) is 3. The van der Waals surface area contributed by atoms with Crippen LogP contribution in [0.3, 0.4) is 0 Å². The molecule has 0 bridgehead atoms. The maximum absolute atomic E-state index is 5.79. The lowest BCUT2D eigenvalue weighted by molar-refractivity contribution is 0.158. The summed E-state index contributed by atoms with van der Waals surface area (Å²) < 4.78 is 2.95. The van der Waals surface area contributed by atoms with Gasteiger partial charge in [-0.2, -0.15) is 5.10 Å². The van der Waals surface area contributed by atoms with E-state index in [1.54, 1.807) is 0 Å². The van der Waals surface area contributed by atoms with Crippen molar-refractivity contribution >= 4 is 15.9 Å². The van der Waals surface area contributed by atoms with Crippen molar-refractivity contribution in [2.24, 2.45) is 24.2 Å². The molecule has 102 valence electrons.